The molecule has 11 amide bonds. The van der Waals surface area contributed by atoms with Gasteiger partial charge in [-0.05, 0) is 89.1 Å². The second-order valence-corrected chi connectivity index (χ2v) is 24.0. The Labute approximate surface area is 534 Å². The molecule has 2 aliphatic rings. The van der Waals surface area contributed by atoms with Gasteiger partial charge >= 0.3 is 0 Å². The lowest BCUT2D eigenvalue weighted by Gasteiger charge is -2.31. The van der Waals surface area contributed by atoms with Crippen molar-refractivity contribution in [2.45, 2.75) is 151 Å². The van der Waals surface area contributed by atoms with E-state index in [2.05, 4.69) is 77.8 Å². The molecule has 2 aromatic carbocycles. The molecule has 2 aliphatic heterocycles. The first kappa shape index (κ1) is 68.9. The number of carbonyl (C=O) groups excluding carboxylic acids is 11. The molecule has 93 heavy (non-hydrogen) atoms. The van der Waals surface area contributed by atoms with Gasteiger partial charge in [0.15, 0.2) is 0 Å². The Hall–Kier alpha value is -10.0. The van der Waals surface area contributed by atoms with Gasteiger partial charge < -0.3 is 94.0 Å². The molecule has 31 heteroatoms. The van der Waals surface area contributed by atoms with Gasteiger partial charge in [-0.3, -0.25) is 52.7 Å². The molecule has 9 atom stereocenters. The number of hydrogen-bond donors (Lipinski definition) is 16. The molecule has 8 rings (SSSR count). The molecule has 6 heterocycles. The van der Waals surface area contributed by atoms with E-state index in [4.69, 9.17) is 16.2 Å². The predicted molar refractivity (Wildman–Crippen MR) is 336 cm³/mol. The molecule has 2 saturated heterocycles. The Morgan fingerprint density at radius 2 is 1.13 bits per heavy atom. The van der Waals surface area contributed by atoms with E-state index < -0.39 is 139 Å². The van der Waals surface area contributed by atoms with Crippen LogP contribution in [-0.4, -0.2) is 198 Å². The van der Waals surface area contributed by atoms with E-state index in [0.29, 0.717) is 52.7 Å². The van der Waals surface area contributed by atoms with Crippen LogP contribution in [-0.2, 0) is 83.2 Å². The summed E-state index contributed by atoms with van der Waals surface area (Å²) in [4.78, 5) is 175. The van der Waals surface area contributed by atoms with Crippen LogP contribution in [0.15, 0.2) is 86.0 Å². The van der Waals surface area contributed by atoms with Crippen molar-refractivity contribution in [2.24, 2.45) is 11.5 Å². The molecule has 498 valence electrons. The summed E-state index contributed by atoms with van der Waals surface area (Å²) in [6, 6.07) is 2.18. The van der Waals surface area contributed by atoms with Gasteiger partial charge in [0.2, 0.25) is 65.0 Å². The fraction of sp³-hybridized carbons (Fsp3) is 0.468. The fourth-order valence-corrected chi connectivity index (χ4v) is 11.1. The van der Waals surface area contributed by atoms with Crippen molar-refractivity contribution >= 4 is 86.8 Å². The third-order valence-electron chi connectivity index (χ3n) is 16.0. The number of rotatable bonds is 33. The van der Waals surface area contributed by atoms with Gasteiger partial charge in [-0.2, -0.15) is 0 Å². The number of nitrogens with zero attached hydrogens (tertiary/aromatic N) is 3. The number of benzene rings is 2. The van der Waals surface area contributed by atoms with Gasteiger partial charge in [-0.25, -0.2) is 9.97 Å². The van der Waals surface area contributed by atoms with E-state index in [9.17, 15) is 57.8 Å². The van der Waals surface area contributed by atoms with Gasteiger partial charge in [0, 0.05) is 96.6 Å². The minimum Gasteiger partial charge on any atom is -0.394 e. The summed E-state index contributed by atoms with van der Waals surface area (Å²) in [6.07, 6.45) is 10.2. The Balaban J connectivity index is 1.03. The number of primary amides is 1. The van der Waals surface area contributed by atoms with Crippen molar-refractivity contribution in [1.29, 1.82) is 0 Å². The summed E-state index contributed by atoms with van der Waals surface area (Å²) >= 11 is 0. The molecule has 0 bridgehead atoms. The number of carbonyl (C=O) groups is 11. The Bertz CT molecular complexity index is 3600. The van der Waals surface area contributed by atoms with Crippen molar-refractivity contribution in [1.82, 2.24) is 82.7 Å². The quantitative estimate of drug-likeness (QED) is 0.0191. The van der Waals surface area contributed by atoms with Crippen molar-refractivity contribution in [3.63, 3.8) is 0 Å². The maximum Gasteiger partial charge on any atom is 0.245 e. The Kier molecular flexibility index (Phi) is 23.9. The highest BCUT2D eigenvalue weighted by atomic mass is 16.5. The smallest absolute Gasteiger partial charge is 0.245 e. The lowest BCUT2D eigenvalue weighted by atomic mass is 10.0. The zero-order valence-corrected chi connectivity index (χ0v) is 51.9. The van der Waals surface area contributed by atoms with Crippen LogP contribution in [0.3, 0.4) is 0 Å². The summed E-state index contributed by atoms with van der Waals surface area (Å²) < 4.78 is 6.09. The number of imidazole rings is 2. The number of fused-ring (bicyclic) bond motifs is 2. The monoisotopic (exact) mass is 1290 g/mol. The second-order valence-electron chi connectivity index (χ2n) is 24.0. The van der Waals surface area contributed by atoms with Crippen LogP contribution in [0.5, 0.6) is 0 Å². The largest absolute Gasteiger partial charge is 0.394 e. The number of H-pyrrole nitrogens is 4. The summed E-state index contributed by atoms with van der Waals surface area (Å²) in [7, 11) is 0. The molecule has 0 aliphatic carbocycles. The standard InChI is InChI=1S/C62H82N18O13/c1-62(2,3)93-31-49(59(90)75-44(21-34-25-67-40-13-6-4-11-38(34)40)54(85)73-43(15-8-9-19-63)61(92)80-20-10-16-50(80)60(91)69-29-51(64)82)79-57(88)47(24-37-28-66-33-71-37)77-58(89)48(30-81)78-55(86)45(22-35-26-68-41-14-7-5-12-39(35)41)74-56(87)46(23-36-27-65-32-70-36)76-53(84)42-17-18-52(83)72-42/h4-7,11-14,25-28,32-33,42-50,67-68,81H,8-10,15-24,29-31,63H2,1-3H3,(H2,64,82)(H,65,70)(H,66,71)(H,69,91)(H,72,83)(H,73,85)(H,74,87)(H,75,90)(H,76,84)(H,77,89)(H,78,86)(H,79,88)/t42-,43-,44-,45-,46-,47-,48-,49-,50-/m0/s1. The number of amides is 11. The normalized spacial score (nSPS) is 17.0. The number of aliphatic hydroxyl groups excluding tert-OH is 1. The van der Waals surface area contributed by atoms with Crippen LogP contribution < -0.4 is 59.3 Å². The maximum absolute atomic E-state index is 15.0. The number of unbranched alkanes of at least 4 members (excludes halogenated alkanes) is 1. The predicted octanol–water partition coefficient (Wildman–Crippen LogP) is -2.43. The first-order chi connectivity index (χ1) is 44.6. The highest BCUT2D eigenvalue weighted by molar-refractivity contribution is 6.00. The molecule has 4 aromatic heterocycles. The Morgan fingerprint density at radius 1 is 0.634 bits per heavy atom. The minimum absolute atomic E-state index is 0.102. The first-order valence-electron chi connectivity index (χ1n) is 30.9. The lowest BCUT2D eigenvalue weighted by Crippen LogP contribution is -2.62. The van der Waals surface area contributed by atoms with E-state index in [1.165, 1.54) is 29.9 Å². The molecule has 0 unspecified atom stereocenters. The molecule has 0 saturated carbocycles. The second kappa shape index (κ2) is 32.3. The molecule has 6 aromatic rings. The summed E-state index contributed by atoms with van der Waals surface area (Å²) in [5.41, 5.74) is 13.6. The van der Waals surface area contributed by atoms with E-state index in [1.807, 2.05) is 24.3 Å². The topological polar surface area (TPSA) is 470 Å². The molecule has 0 radical (unpaired) electrons. The van der Waals surface area contributed by atoms with Gasteiger partial charge in [-0.1, -0.05) is 36.4 Å². The Morgan fingerprint density at radius 3 is 1.62 bits per heavy atom. The molecular formula is C62H82N18O13. The van der Waals surface area contributed by atoms with Crippen LogP contribution in [0.4, 0.5) is 0 Å². The van der Waals surface area contributed by atoms with E-state index in [-0.39, 0.29) is 70.4 Å². The number of hydrogen-bond acceptors (Lipinski definition) is 16. The molecule has 31 nitrogen and oxygen atoms in total. The summed E-state index contributed by atoms with van der Waals surface area (Å²) in [5.74, 6) is -8.44. The lowest BCUT2D eigenvalue weighted by molar-refractivity contribution is -0.142. The van der Waals surface area contributed by atoms with E-state index in [1.54, 1.807) is 57.4 Å². The molecule has 2 fully saturated rings. The van der Waals surface area contributed by atoms with Crippen molar-refractivity contribution < 1.29 is 62.6 Å². The van der Waals surface area contributed by atoms with Crippen molar-refractivity contribution in [2.75, 3.05) is 32.8 Å². The van der Waals surface area contributed by atoms with Crippen LogP contribution >= 0.6 is 0 Å². The zero-order chi connectivity index (χ0) is 66.8. The van der Waals surface area contributed by atoms with Crippen LogP contribution in [0, 0.1) is 0 Å². The van der Waals surface area contributed by atoms with Crippen molar-refractivity contribution in [3.05, 3.63) is 108 Å². The van der Waals surface area contributed by atoms with Gasteiger partial charge in [0.1, 0.15) is 54.4 Å². The number of aromatic nitrogens is 6. The third-order valence-corrected chi connectivity index (χ3v) is 16.0. The number of ether oxygens (including phenoxy) is 1. The number of aromatic amines is 4. The average molecular weight is 1290 g/mol. The number of nitrogens with two attached hydrogens (primary N) is 2. The SMILES string of the molecule is CC(C)(C)OC[C@H](NC(=O)[C@H](Cc1cnc[nH]1)NC(=O)[C@H](CO)NC(=O)[C@H](Cc1c[nH]c2ccccc12)NC(=O)[C@H](Cc1cnc[nH]1)NC(=O)[C@@H]1CCC(=O)N1)C(=O)N[C@@H](Cc1c[nH]c2ccccc12)C(=O)N[C@@H](CCCCN)C(=O)N1CCC[C@H]1C(=O)NCC(N)=O. The maximum atomic E-state index is 15.0. The number of para-hydroxylation sites is 2. The van der Waals surface area contributed by atoms with Gasteiger partial charge in [0.05, 0.1) is 38.0 Å². The third kappa shape index (κ3) is 19.3. The van der Waals surface area contributed by atoms with E-state index in [0.717, 1.165) is 10.9 Å². The van der Waals surface area contributed by atoms with Gasteiger partial charge in [0.25, 0.3) is 0 Å². The average Bonchev–Trinajstić information content (AvgIpc) is 1.82. The highest BCUT2D eigenvalue weighted by Crippen LogP contribution is 2.24. The van der Waals surface area contributed by atoms with E-state index >= 15 is 0 Å². The molecule has 18 N–H and O–H groups in total. The highest BCUT2D eigenvalue weighted by Gasteiger charge is 2.40. The number of nitrogens with one attached hydrogen (secondary N) is 13. The van der Waals surface area contributed by atoms with Crippen LogP contribution in [0.25, 0.3) is 21.8 Å². The number of aliphatic hydroxyl groups is 1. The summed E-state index contributed by atoms with van der Waals surface area (Å²) in [5, 5.41) is 36.1. The summed E-state index contributed by atoms with van der Waals surface area (Å²) in [6.45, 7) is 3.64. The molecule has 0 spiro atoms. The van der Waals surface area contributed by atoms with Crippen LogP contribution in [0.1, 0.15) is 88.2 Å². The zero-order valence-electron chi connectivity index (χ0n) is 51.9. The molecular weight excluding hydrogens is 1200 g/mol. The van der Waals surface area contributed by atoms with Crippen LogP contribution in [0.2, 0.25) is 0 Å². The minimum atomic E-state index is -1.78. The van der Waals surface area contributed by atoms with Gasteiger partial charge in [-0.15, -0.1) is 0 Å². The number of likely N-dealkylation sites (tertiary alicyclic amines) is 1. The first-order valence-corrected chi connectivity index (χ1v) is 30.9. The fourth-order valence-electron chi connectivity index (χ4n) is 11.1. The van der Waals surface area contributed by atoms with Crippen molar-refractivity contribution in [3.8, 4) is 0 Å².